The third kappa shape index (κ3) is 5.33. The summed E-state index contributed by atoms with van der Waals surface area (Å²) >= 11 is 0. The van der Waals surface area contributed by atoms with E-state index in [0.29, 0.717) is 18.3 Å². The van der Waals surface area contributed by atoms with Crippen LogP contribution in [-0.2, 0) is 4.74 Å². The first kappa shape index (κ1) is 19.9. The van der Waals surface area contributed by atoms with Gasteiger partial charge >= 0.3 is 12.6 Å². The Morgan fingerprint density at radius 2 is 1.70 bits per heavy atom. The van der Waals surface area contributed by atoms with Crippen molar-refractivity contribution in [2.24, 2.45) is 0 Å². The van der Waals surface area contributed by atoms with Gasteiger partial charge in [-0.1, -0.05) is 12.1 Å². The first-order chi connectivity index (χ1) is 14.7. The molecule has 1 saturated heterocycles. The summed E-state index contributed by atoms with van der Waals surface area (Å²) in [6.45, 7) is -0.575. The van der Waals surface area contributed by atoms with Crippen molar-refractivity contribution in [1.82, 2.24) is 25.3 Å². The standard InChI is InChI=1S/C19H18F2N6O3/c20-17(21)29-14-9-25-19(26-10-14)30-15-7-23-18(24-8-15)27-13-3-1-12(2-4-13)16-11-22-5-6-28-16/h1-4,7-10,16-17,22H,5-6,11H2,(H,23,24,27). The molecule has 4 rings (SSSR count). The predicted octanol–water partition coefficient (Wildman–Crippen LogP) is 3.06. The van der Waals surface area contributed by atoms with Gasteiger partial charge in [-0.15, -0.1) is 0 Å². The van der Waals surface area contributed by atoms with Gasteiger partial charge in [-0.05, 0) is 17.7 Å². The van der Waals surface area contributed by atoms with Crippen molar-refractivity contribution in [1.29, 1.82) is 0 Å². The average Bonchev–Trinajstić information content (AvgIpc) is 2.77. The highest BCUT2D eigenvalue weighted by Gasteiger charge is 2.15. The van der Waals surface area contributed by atoms with Gasteiger partial charge in [0.1, 0.15) is 0 Å². The summed E-state index contributed by atoms with van der Waals surface area (Å²) in [6.07, 6.45) is 5.11. The molecule has 0 spiro atoms. The molecule has 1 aromatic carbocycles. The smallest absolute Gasteiger partial charge is 0.387 e. The number of aromatic nitrogens is 4. The second-order valence-electron chi connectivity index (χ2n) is 6.23. The Balaban J connectivity index is 1.33. The van der Waals surface area contributed by atoms with E-state index < -0.39 is 6.61 Å². The minimum absolute atomic E-state index is 0.0454. The first-order valence-electron chi connectivity index (χ1n) is 9.12. The van der Waals surface area contributed by atoms with Crippen LogP contribution in [-0.4, -0.2) is 46.2 Å². The fraction of sp³-hybridized carbons (Fsp3) is 0.263. The van der Waals surface area contributed by atoms with Crippen molar-refractivity contribution in [3.8, 4) is 17.5 Å². The van der Waals surface area contributed by atoms with E-state index in [4.69, 9.17) is 9.47 Å². The van der Waals surface area contributed by atoms with Gasteiger partial charge in [0.25, 0.3) is 0 Å². The molecule has 2 aromatic heterocycles. The van der Waals surface area contributed by atoms with Gasteiger partial charge in [0.05, 0.1) is 37.5 Å². The lowest BCUT2D eigenvalue weighted by Crippen LogP contribution is -2.33. The number of alkyl halides is 2. The fourth-order valence-corrected chi connectivity index (χ4v) is 2.75. The van der Waals surface area contributed by atoms with Crippen LogP contribution in [0.2, 0.25) is 0 Å². The molecule has 1 unspecified atom stereocenters. The van der Waals surface area contributed by atoms with Crippen LogP contribution in [0.4, 0.5) is 20.4 Å². The quantitative estimate of drug-likeness (QED) is 0.601. The van der Waals surface area contributed by atoms with Gasteiger partial charge in [-0.3, -0.25) is 0 Å². The van der Waals surface area contributed by atoms with Gasteiger partial charge < -0.3 is 24.8 Å². The molecule has 1 aliphatic rings. The zero-order valence-corrected chi connectivity index (χ0v) is 15.7. The number of nitrogens with one attached hydrogen (secondary N) is 2. The summed E-state index contributed by atoms with van der Waals surface area (Å²) in [4.78, 5) is 15.9. The molecule has 1 fully saturated rings. The highest BCUT2D eigenvalue weighted by atomic mass is 19.3. The maximum Gasteiger partial charge on any atom is 0.387 e. The molecule has 1 aliphatic heterocycles. The van der Waals surface area contributed by atoms with Gasteiger partial charge in [0.15, 0.2) is 11.5 Å². The molecule has 0 radical (unpaired) electrons. The summed E-state index contributed by atoms with van der Waals surface area (Å²) in [6, 6.07) is 7.80. The van der Waals surface area contributed by atoms with Crippen molar-refractivity contribution in [2.75, 3.05) is 25.0 Å². The molecule has 0 aliphatic carbocycles. The molecule has 0 saturated carbocycles. The fourth-order valence-electron chi connectivity index (χ4n) is 2.75. The molecule has 30 heavy (non-hydrogen) atoms. The van der Waals surface area contributed by atoms with Gasteiger partial charge in [0, 0.05) is 18.8 Å². The number of benzene rings is 1. The van der Waals surface area contributed by atoms with E-state index in [2.05, 4.69) is 35.3 Å². The Morgan fingerprint density at radius 1 is 1.00 bits per heavy atom. The second-order valence-corrected chi connectivity index (χ2v) is 6.23. The van der Waals surface area contributed by atoms with Gasteiger partial charge in [-0.2, -0.15) is 18.7 Å². The Labute approximate surface area is 170 Å². The molecule has 156 valence electrons. The van der Waals surface area contributed by atoms with Crippen LogP contribution in [0, 0.1) is 0 Å². The van der Waals surface area contributed by atoms with E-state index in [0.717, 1.165) is 36.7 Å². The van der Waals surface area contributed by atoms with Crippen LogP contribution in [0.15, 0.2) is 49.1 Å². The summed E-state index contributed by atoms with van der Waals surface area (Å²) < 4.78 is 39.6. The number of hydrogen-bond acceptors (Lipinski definition) is 9. The molecule has 2 N–H and O–H groups in total. The molecule has 0 amide bonds. The number of halogens is 2. The molecule has 1 atom stereocenters. The molecule has 0 bridgehead atoms. The lowest BCUT2D eigenvalue weighted by Gasteiger charge is -2.24. The first-order valence-corrected chi connectivity index (χ1v) is 9.12. The van der Waals surface area contributed by atoms with Crippen molar-refractivity contribution in [3.05, 3.63) is 54.6 Å². The molecule has 3 aromatic rings. The normalized spacial score (nSPS) is 16.3. The summed E-state index contributed by atoms with van der Waals surface area (Å²) in [7, 11) is 0. The second kappa shape index (κ2) is 9.37. The number of anilines is 2. The molecular weight excluding hydrogens is 398 g/mol. The predicted molar refractivity (Wildman–Crippen MR) is 102 cm³/mol. The lowest BCUT2D eigenvalue weighted by molar-refractivity contribution is -0.0503. The Hall–Kier alpha value is -3.44. The topological polar surface area (TPSA) is 103 Å². The highest BCUT2D eigenvalue weighted by Crippen LogP contribution is 2.23. The summed E-state index contributed by atoms with van der Waals surface area (Å²) in [5.41, 5.74) is 1.93. The molecule has 9 nitrogen and oxygen atoms in total. The van der Waals surface area contributed by atoms with Crippen molar-refractivity contribution in [3.63, 3.8) is 0 Å². The Kier molecular flexibility index (Phi) is 6.20. The van der Waals surface area contributed by atoms with Crippen molar-refractivity contribution < 1.29 is 23.0 Å². The van der Waals surface area contributed by atoms with Crippen LogP contribution in [0.25, 0.3) is 0 Å². The summed E-state index contributed by atoms with van der Waals surface area (Å²) in [5.74, 6) is 0.512. The monoisotopic (exact) mass is 416 g/mol. The maximum atomic E-state index is 12.1. The number of ether oxygens (including phenoxy) is 3. The zero-order chi connectivity index (χ0) is 20.8. The van der Waals surface area contributed by atoms with Gasteiger partial charge in [0.2, 0.25) is 5.95 Å². The molecule has 3 heterocycles. The SMILES string of the molecule is FC(F)Oc1cnc(Oc2cnc(Nc3ccc(C4CNCCO4)cc3)nc2)nc1. The molecule has 11 heteroatoms. The Morgan fingerprint density at radius 3 is 2.33 bits per heavy atom. The zero-order valence-electron chi connectivity index (χ0n) is 15.7. The van der Waals surface area contributed by atoms with E-state index >= 15 is 0 Å². The van der Waals surface area contributed by atoms with Crippen molar-refractivity contribution in [2.45, 2.75) is 12.7 Å². The van der Waals surface area contributed by atoms with Crippen LogP contribution >= 0.6 is 0 Å². The number of morpholine rings is 1. The van der Waals surface area contributed by atoms with Crippen LogP contribution in [0.5, 0.6) is 17.5 Å². The lowest BCUT2D eigenvalue weighted by atomic mass is 10.1. The number of rotatable bonds is 7. The van der Waals surface area contributed by atoms with E-state index in [-0.39, 0.29) is 17.9 Å². The minimum Gasteiger partial charge on any atom is -0.432 e. The Bertz CT molecular complexity index is 936. The van der Waals surface area contributed by atoms with Crippen LogP contribution < -0.4 is 20.1 Å². The third-order valence-electron chi connectivity index (χ3n) is 4.13. The van der Waals surface area contributed by atoms with E-state index in [1.807, 2.05) is 24.3 Å². The minimum atomic E-state index is -2.94. The van der Waals surface area contributed by atoms with E-state index in [1.54, 1.807) is 0 Å². The average molecular weight is 416 g/mol. The van der Waals surface area contributed by atoms with Crippen LogP contribution in [0.3, 0.4) is 0 Å². The van der Waals surface area contributed by atoms with Crippen LogP contribution in [0.1, 0.15) is 11.7 Å². The molecular formula is C19H18F2N6O3. The highest BCUT2D eigenvalue weighted by molar-refractivity contribution is 5.53. The number of nitrogens with zero attached hydrogens (tertiary/aromatic N) is 4. The van der Waals surface area contributed by atoms with E-state index in [9.17, 15) is 8.78 Å². The largest absolute Gasteiger partial charge is 0.432 e. The van der Waals surface area contributed by atoms with Gasteiger partial charge in [-0.25, -0.2) is 9.97 Å². The number of hydrogen-bond donors (Lipinski definition) is 2. The summed E-state index contributed by atoms with van der Waals surface area (Å²) in [5, 5.41) is 6.40. The van der Waals surface area contributed by atoms with Crippen molar-refractivity contribution >= 4 is 11.6 Å². The third-order valence-corrected chi connectivity index (χ3v) is 4.13. The van der Waals surface area contributed by atoms with E-state index in [1.165, 1.54) is 12.4 Å². The maximum absolute atomic E-state index is 12.1.